The molecule has 3 rings (SSSR count). The van der Waals surface area contributed by atoms with Crippen LogP contribution in [-0.4, -0.2) is 44.3 Å². The number of halogens is 2. The molecule has 38 heavy (non-hydrogen) atoms. The molecule has 0 heterocycles. The summed E-state index contributed by atoms with van der Waals surface area (Å²) in [4.78, 5) is 28.2. The molecule has 0 aliphatic heterocycles. The summed E-state index contributed by atoms with van der Waals surface area (Å²) >= 11 is 9.43. The first kappa shape index (κ1) is 29.7. The van der Waals surface area contributed by atoms with Gasteiger partial charge in [0.05, 0.1) is 10.6 Å². The molecular formula is C28H31BrClN3O4S. The standard InChI is InChI=1S/C28H31BrClN3O4S/c1-4-15-31-28(35)21(3)32(18-22-8-6-9-23(29)17-22)27(34)19-33(25-10-5-7-20(2)16-25)38(36,37)26-13-11-24(30)12-14-26/h5-14,16-17,21H,4,15,18-19H2,1-3H3,(H,31,35)/t21-/m0/s1. The number of nitrogens with zero attached hydrogens (tertiary/aromatic N) is 2. The van der Waals surface area contributed by atoms with E-state index in [-0.39, 0.29) is 17.3 Å². The predicted molar refractivity (Wildman–Crippen MR) is 155 cm³/mol. The van der Waals surface area contributed by atoms with Crippen LogP contribution in [0.4, 0.5) is 5.69 Å². The second-order valence-corrected chi connectivity index (χ2v) is 12.1. The van der Waals surface area contributed by atoms with E-state index in [1.54, 1.807) is 25.1 Å². The summed E-state index contributed by atoms with van der Waals surface area (Å²) in [5, 5.41) is 3.23. The van der Waals surface area contributed by atoms with E-state index < -0.39 is 28.5 Å². The molecule has 0 bridgehead atoms. The molecule has 0 spiro atoms. The van der Waals surface area contributed by atoms with E-state index in [9.17, 15) is 18.0 Å². The van der Waals surface area contributed by atoms with Gasteiger partial charge >= 0.3 is 0 Å². The molecule has 202 valence electrons. The molecule has 1 N–H and O–H groups in total. The summed E-state index contributed by atoms with van der Waals surface area (Å²) in [7, 11) is -4.14. The topological polar surface area (TPSA) is 86.8 Å². The van der Waals surface area contributed by atoms with Crippen molar-refractivity contribution in [2.45, 2.75) is 44.7 Å². The van der Waals surface area contributed by atoms with Gasteiger partial charge in [0.15, 0.2) is 0 Å². The predicted octanol–water partition coefficient (Wildman–Crippen LogP) is 5.55. The Hall–Kier alpha value is -2.88. The van der Waals surface area contributed by atoms with Gasteiger partial charge in [-0.2, -0.15) is 0 Å². The number of nitrogens with one attached hydrogen (secondary N) is 1. The molecular weight excluding hydrogens is 590 g/mol. The highest BCUT2D eigenvalue weighted by molar-refractivity contribution is 9.10. The molecule has 10 heteroatoms. The summed E-state index contributed by atoms with van der Waals surface area (Å²) < 4.78 is 29.5. The number of amides is 2. The lowest BCUT2D eigenvalue weighted by molar-refractivity contribution is -0.139. The molecule has 0 radical (unpaired) electrons. The molecule has 0 aromatic heterocycles. The minimum Gasteiger partial charge on any atom is -0.354 e. The fourth-order valence-corrected chi connectivity index (χ4v) is 5.83. The third-order valence-corrected chi connectivity index (χ3v) is 8.46. The molecule has 3 aromatic rings. The van der Waals surface area contributed by atoms with Gasteiger partial charge in [-0.25, -0.2) is 8.42 Å². The second kappa shape index (κ2) is 13.3. The van der Waals surface area contributed by atoms with Gasteiger partial charge in [-0.3, -0.25) is 13.9 Å². The van der Waals surface area contributed by atoms with Gasteiger partial charge in [-0.15, -0.1) is 0 Å². The molecule has 7 nitrogen and oxygen atoms in total. The fraction of sp³-hybridized carbons (Fsp3) is 0.286. The van der Waals surface area contributed by atoms with Crippen molar-refractivity contribution >= 4 is 55.1 Å². The van der Waals surface area contributed by atoms with Gasteiger partial charge in [0.25, 0.3) is 10.0 Å². The Morgan fingerprint density at radius 2 is 1.71 bits per heavy atom. The van der Waals surface area contributed by atoms with E-state index in [4.69, 9.17) is 11.6 Å². The van der Waals surface area contributed by atoms with E-state index in [0.29, 0.717) is 17.3 Å². The minimum atomic E-state index is -4.14. The average Bonchev–Trinajstić information content (AvgIpc) is 2.88. The number of rotatable bonds is 11. The number of carbonyl (C=O) groups is 2. The van der Waals surface area contributed by atoms with Gasteiger partial charge in [0.1, 0.15) is 12.6 Å². The van der Waals surface area contributed by atoms with Crippen LogP contribution in [0.15, 0.2) is 82.2 Å². The molecule has 0 aliphatic carbocycles. The Balaban J connectivity index is 2.02. The number of anilines is 1. The molecule has 0 aliphatic rings. The fourth-order valence-electron chi connectivity index (χ4n) is 3.86. The Morgan fingerprint density at radius 3 is 2.34 bits per heavy atom. The maximum atomic E-state index is 13.9. The first-order valence-electron chi connectivity index (χ1n) is 12.2. The van der Waals surface area contributed by atoms with Gasteiger partial charge in [0.2, 0.25) is 11.8 Å². The highest BCUT2D eigenvalue weighted by atomic mass is 79.9. The van der Waals surface area contributed by atoms with E-state index in [1.165, 1.54) is 29.2 Å². The van der Waals surface area contributed by atoms with Crippen molar-refractivity contribution in [2.75, 3.05) is 17.4 Å². The first-order chi connectivity index (χ1) is 18.0. The Morgan fingerprint density at radius 1 is 1.03 bits per heavy atom. The lowest BCUT2D eigenvalue weighted by Gasteiger charge is -2.32. The van der Waals surface area contributed by atoms with Crippen LogP contribution in [0, 0.1) is 6.92 Å². The number of hydrogen-bond donors (Lipinski definition) is 1. The maximum absolute atomic E-state index is 13.9. The SMILES string of the molecule is CCCNC(=O)[C@H](C)N(Cc1cccc(Br)c1)C(=O)CN(c1cccc(C)c1)S(=O)(=O)c1ccc(Cl)cc1. The van der Waals surface area contributed by atoms with Crippen molar-refractivity contribution in [3.63, 3.8) is 0 Å². The largest absolute Gasteiger partial charge is 0.354 e. The van der Waals surface area contributed by atoms with Crippen LogP contribution >= 0.6 is 27.5 Å². The Kier molecular flexibility index (Phi) is 10.4. The first-order valence-corrected chi connectivity index (χ1v) is 14.8. The normalized spacial score (nSPS) is 12.0. The van der Waals surface area contributed by atoms with Crippen molar-refractivity contribution in [2.24, 2.45) is 0 Å². The zero-order chi connectivity index (χ0) is 27.9. The highest BCUT2D eigenvalue weighted by Crippen LogP contribution is 2.26. The maximum Gasteiger partial charge on any atom is 0.264 e. The zero-order valence-corrected chi connectivity index (χ0v) is 24.7. The smallest absolute Gasteiger partial charge is 0.264 e. The second-order valence-electron chi connectivity index (χ2n) is 8.92. The van der Waals surface area contributed by atoms with Gasteiger partial charge in [0, 0.05) is 22.6 Å². The number of hydrogen-bond acceptors (Lipinski definition) is 4. The number of sulfonamides is 1. The van der Waals surface area contributed by atoms with Crippen LogP contribution in [0.2, 0.25) is 5.02 Å². The Labute approximate surface area is 238 Å². The highest BCUT2D eigenvalue weighted by Gasteiger charge is 2.32. The number of benzene rings is 3. The molecule has 3 aromatic carbocycles. The van der Waals surface area contributed by atoms with Crippen LogP contribution in [0.3, 0.4) is 0 Å². The zero-order valence-electron chi connectivity index (χ0n) is 21.5. The summed E-state index contributed by atoms with van der Waals surface area (Å²) in [6, 6.07) is 19.3. The van der Waals surface area contributed by atoms with Crippen LogP contribution < -0.4 is 9.62 Å². The third-order valence-electron chi connectivity index (χ3n) is 5.93. The van der Waals surface area contributed by atoms with Gasteiger partial charge < -0.3 is 10.2 Å². The third kappa shape index (κ3) is 7.58. The van der Waals surface area contributed by atoms with Crippen molar-refractivity contribution in [1.82, 2.24) is 10.2 Å². The van der Waals surface area contributed by atoms with Crippen LogP contribution in [0.5, 0.6) is 0 Å². The monoisotopic (exact) mass is 619 g/mol. The van der Waals surface area contributed by atoms with Crippen molar-refractivity contribution in [3.05, 3.63) is 93.4 Å². The van der Waals surface area contributed by atoms with Crippen molar-refractivity contribution in [3.8, 4) is 0 Å². The summed E-state index contributed by atoms with van der Waals surface area (Å²) in [6.07, 6.45) is 0.749. The molecule has 0 saturated heterocycles. The van der Waals surface area contributed by atoms with Crippen LogP contribution in [-0.2, 0) is 26.2 Å². The van der Waals surface area contributed by atoms with Crippen molar-refractivity contribution < 1.29 is 18.0 Å². The number of aryl methyl sites for hydroxylation is 1. The Bertz CT molecular complexity index is 1380. The summed E-state index contributed by atoms with van der Waals surface area (Å²) in [6.45, 7) is 5.54. The molecule has 2 amide bonds. The quantitative estimate of drug-likeness (QED) is 0.305. The van der Waals surface area contributed by atoms with Crippen molar-refractivity contribution in [1.29, 1.82) is 0 Å². The lowest BCUT2D eigenvalue weighted by atomic mass is 10.1. The van der Waals surface area contributed by atoms with E-state index in [1.807, 2.05) is 44.2 Å². The summed E-state index contributed by atoms with van der Waals surface area (Å²) in [5.74, 6) is -0.818. The van der Waals surface area contributed by atoms with Gasteiger partial charge in [-0.1, -0.05) is 58.7 Å². The van der Waals surface area contributed by atoms with Gasteiger partial charge in [-0.05, 0) is 79.9 Å². The van der Waals surface area contributed by atoms with E-state index in [2.05, 4.69) is 21.2 Å². The van der Waals surface area contributed by atoms with E-state index in [0.717, 1.165) is 26.3 Å². The van der Waals surface area contributed by atoms with Crippen LogP contribution in [0.1, 0.15) is 31.4 Å². The average molecular weight is 621 g/mol. The minimum absolute atomic E-state index is 0.00323. The van der Waals surface area contributed by atoms with Crippen LogP contribution in [0.25, 0.3) is 0 Å². The van der Waals surface area contributed by atoms with E-state index >= 15 is 0 Å². The lowest BCUT2D eigenvalue weighted by Crippen LogP contribution is -2.51. The molecule has 0 unspecified atom stereocenters. The summed E-state index contributed by atoms with van der Waals surface area (Å²) in [5.41, 5.74) is 1.98. The molecule has 0 saturated carbocycles. The molecule has 1 atom stereocenters. The number of carbonyl (C=O) groups excluding carboxylic acids is 2. The molecule has 0 fully saturated rings.